The molecule has 388 valence electrons. The number of hydrogen-bond donors (Lipinski definition) is 2. The van der Waals surface area contributed by atoms with E-state index in [0.717, 1.165) is 75.7 Å². The van der Waals surface area contributed by atoms with E-state index in [9.17, 15) is 27.2 Å². The first kappa shape index (κ1) is 51.7. The predicted octanol–water partition coefficient (Wildman–Crippen LogP) is 10.2. The van der Waals surface area contributed by atoms with Crippen LogP contribution >= 0.6 is 0 Å². The molecule has 0 radical (unpaired) electrons. The van der Waals surface area contributed by atoms with Crippen LogP contribution in [0.5, 0.6) is 17.4 Å². The van der Waals surface area contributed by atoms with Crippen molar-refractivity contribution in [3.8, 4) is 17.4 Å². The van der Waals surface area contributed by atoms with Crippen LogP contribution in [0.25, 0.3) is 5.83 Å². The average molecular weight is 1020 g/mol. The van der Waals surface area contributed by atoms with Gasteiger partial charge in [0, 0.05) is 94.3 Å². The number of fused-ring (bicyclic) bond motifs is 1. The smallest absolute Gasteiger partial charge is 0.268 e. The maximum absolute atomic E-state index is 15.0. The van der Waals surface area contributed by atoms with Gasteiger partial charge in [-0.3, -0.25) is 14.6 Å². The number of aromatic nitrogens is 2. The SMILES string of the molecule is COc1nc2c(cc1Oc1cc(N3CCN(C4CCN(Cc5ccc(C)c(F)c5)CC4c4ccccc4C(C)C)CC3)ccc1C(=O)NS(=O)(=O)c1cnc(NCC3CCC(C)CC3)c(N(C)[O-])c1)C(F)=CC2. The number of carbonyl (C=O) groups is 1. The number of pyridine rings is 2. The van der Waals surface area contributed by atoms with E-state index in [1.54, 1.807) is 25.1 Å². The summed E-state index contributed by atoms with van der Waals surface area (Å²) < 4.78 is 71.8. The van der Waals surface area contributed by atoms with Crippen molar-refractivity contribution in [1.82, 2.24) is 24.5 Å². The molecule has 1 saturated carbocycles. The Balaban J connectivity index is 0.958. The molecule has 0 spiro atoms. The van der Waals surface area contributed by atoms with E-state index in [1.165, 1.54) is 49.6 Å². The number of benzene rings is 3. The molecule has 2 aliphatic heterocycles. The number of allylic oxidation sites excluding steroid dienone is 1. The van der Waals surface area contributed by atoms with E-state index in [0.29, 0.717) is 60.3 Å². The average Bonchev–Trinajstić information content (AvgIpc) is 3.75. The summed E-state index contributed by atoms with van der Waals surface area (Å²) in [7, 11) is -1.90. The molecule has 3 fully saturated rings. The molecule has 4 heterocycles. The molecule has 73 heavy (non-hydrogen) atoms. The first-order valence-electron chi connectivity index (χ1n) is 25.6. The zero-order chi connectivity index (χ0) is 51.6. The topological polar surface area (TPSA) is 156 Å². The highest BCUT2D eigenvalue weighted by Crippen LogP contribution is 2.41. The monoisotopic (exact) mass is 1020 g/mol. The highest BCUT2D eigenvalue weighted by molar-refractivity contribution is 7.90. The summed E-state index contributed by atoms with van der Waals surface area (Å²) in [5, 5.41) is 16.6. The van der Waals surface area contributed by atoms with Crippen LogP contribution in [0, 0.1) is 29.8 Å². The number of rotatable bonds is 16. The molecule has 2 atom stereocenters. The maximum atomic E-state index is 15.0. The lowest BCUT2D eigenvalue weighted by atomic mass is 9.80. The van der Waals surface area contributed by atoms with Crippen LogP contribution < -0.4 is 29.5 Å². The molecule has 4 aliphatic rings. The summed E-state index contributed by atoms with van der Waals surface area (Å²) in [5.74, 6) is 0.352. The van der Waals surface area contributed by atoms with Gasteiger partial charge in [0.25, 0.3) is 21.8 Å². The third-order valence-electron chi connectivity index (χ3n) is 15.3. The Morgan fingerprint density at radius 2 is 1.71 bits per heavy atom. The standard InChI is InChI=1S/C56H67F2N8O6S/c1-35(2)42-9-7-8-10-43(42)46-34-64(33-39-16-13-37(4)48(58)27-39)22-21-50(46)66-25-23-65(24-26-66)40-17-18-44(52(28-40)72-53-30-45-47(57)19-20-49(45)61-56(53)71-6)55(67)62-73(69,70)41-29-51(63(5)68)54(60-32-41)59-31-38-14-11-36(3)12-15-38/h7-10,13,16-19,27-30,32,35-36,38,46,50H,11-12,14-15,20-26,31,33-34H2,1-6H3,(H,59,60)(H,62,67)/q-1. The number of hydroxylamine groups is 1. The van der Waals surface area contributed by atoms with Crippen LogP contribution in [-0.4, -0.2) is 100 Å². The molecule has 0 bridgehead atoms. The Bertz CT molecular complexity index is 2960. The van der Waals surface area contributed by atoms with E-state index < -0.39 is 21.8 Å². The summed E-state index contributed by atoms with van der Waals surface area (Å²) >= 11 is 0. The second-order valence-electron chi connectivity index (χ2n) is 20.6. The second kappa shape index (κ2) is 22.1. The summed E-state index contributed by atoms with van der Waals surface area (Å²) in [6.07, 6.45) is 8.12. The van der Waals surface area contributed by atoms with Gasteiger partial charge in [-0.05, 0) is 110 Å². The number of likely N-dealkylation sites (tertiary alicyclic amines) is 1. The summed E-state index contributed by atoms with van der Waals surface area (Å²) in [6, 6.07) is 22.2. The summed E-state index contributed by atoms with van der Waals surface area (Å²) in [5.41, 5.74) is 5.62. The van der Waals surface area contributed by atoms with Crippen molar-refractivity contribution in [2.45, 2.75) is 95.5 Å². The van der Waals surface area contributed by atoms with Gasteiger partial charge in [-0.25, -0.2) is 31.9 Å². The minimum absolute atomic E-state index is 0.00369. The van der Waals surface area contributed by atoms with E-state index in [4.69, 9.17) is 9.47 Å². The zero-order valence-electron chi connectivity index (χ0n) is 42.7. The minimum Gasteiger partial charge on any atom is -0.758 e. The third-order valence-corrected chi connectivity index (χ3v) is 16.6. The van der Waals surface area contributed by atoms with Gasteiger partial charge in [-0.15, -0.1) is 0 Å². The van der Waals surface area contributed by atoms with Gasteiger partial charge >= 0.3 is 0 Å². The lowest BCUT2D eigenvalue weighted by Gasteiger charge is -2.48. The number of amides is 1. The number of sulfonamides is 1. The number of hydrogen-bond acceptors (Lipinski definition) is 13. The third kappa shape index (κ3) is 11.6. The fourth-order valence-electron chi connectivity index (χ4n) is 11.0. The largest absolute Gasteiger partial charge is 0.758 e. The van der Waals surface area contributed by atoms with Crippen LogP contribution in [-0.2, 0) is 23.0 Å². The van der Waals surface area contributed by atoms with Crippen molar-refractivity contribution in [2.24, 2.45) is 11.8 Å². The van der Waals surface area contributed by atoms with E-state index in [2.05, 4.69) is 79.7 Å². The molecule has 2 unspecified atom stereocenters. The molecule has 2 N–H and O–H groups in total. The Morgan fingerprint density at radius 1 is 0.945 bits per heavy atom. The Labute approximate surface area is 428 Å². The summed E-state index contributed by atoms with van der Waals surface area (Å²) in [6.45, 7) is 14.3. The van der Waals surface area contributed by atoms with Crippen molar-refractivity contribution < 1.29 is 31.5 Å². The quantitative estimate of drug-likeness (QED) is 0.0902. The van der Waals surface area contributed by atoms with Crippen LogP contribution in [0.1, 0.15) is 109 Å². The van der Waals surface area contributed by atoms with Gasteiger partial charge in [-0.1, -0.05) is 70.0 Å². The van der Waals surface area contributed by atoms with E-state index in [-0.39, 0.29) is 69.1 Å². The van der Waals surface area contributed by atoms with Crippen LogP contribution in [0.15, 0.2) is 90.0 Å². The molecule has 2 saturated heterocycles. The Kier molecular flexibility index (Phi) is 15.7. The van der Waals surface area contributed by atoms with Gasteiger partial charge in [0.1, 0.15) is 28.1 Å². The Morgan fingerprint density at radius 3 is 2.44 bits per heavy atom. The van der Waals surface area contributed by atoms with Gasteiger partial charge in [-0.2, -0.15) is 0 Å². The number of halogens is 2. The zero-order valence-corrected chi connectivity index (χ0v) is 43.5. The van der Waals surface area contributed by atoms with Crippen molar-refractivity contribution in [3.05, 3.63) is 135 Å². The number of nitrogens with one attached hydrogen (secondary N) is 2. The minimum atomic E-state index is -4.58. The molecule has 1 amide bonds. The Hall–Kier alpha value is -6.14. The van der Waals surface area contributed by atoms with E-state index in [1.807, 2.05) is 12.1 Å². The summed E-state index contributed by atoms with van der Waals surface area (Å²) in [4.78, 5) is 30.0. The van der Waals surface area contributed by atoms with Gasteiger partial charge in [0.05, 0.1) is 24.1 Å². The van der Waals surface area contributed by atoms with Crippen LogP contribution in [0.3, 0.4) is 0 Å². The number of carbonyl (C=O) groups excluding carboxylic acids is 1. The molecule has 9 rings (SSSR count). The molecular weight excluding hydrogens is 951 g/mol. The molecular formula is C56H67F2N8O6S-. The van der Waals surface area contributed by atoms with Gasteiger partial charge < -0.3 is 30.0 Å². The van der Waals surface area contributed by atoms with Crippen molar-refractivity contribution in [3.63, 3.8) is 0 Å². The number of aryl methyl sites for hydroxylation is 1. The highest BCUT2D eigenvalue weighted by atomic mass is 32.2. The number of piperidine rings is 1. The molecule has 3 aromatic carbocycles. The molecule has 17 heteroatoms. The molecule has 5 aromatic rings. The number of ether oxygens (including phenoxy) is 2. The van der Waals surface area contributed by atoms with Gasteiger partial charge in [0.2, 0.25) is 0 Å². The normalized spacial score (nSPS) is 20.6. The fourth-order valence-corrected chi connectivity index (χ4v) is 12.0. The highest BCUT2D eigenvalue weighted by Gasteiger charge is 2.37. The first-order chi connectivity index (χ1) is 35.0. The molecule has 14 nitrogen and oxygen atoms in total. The van der Waals surface area contributed by atoms with Crippen molar-refractivity contribution in [1.29, 1.82) is 0 Å². The number of piperazine rings is 1. The number of nitrogens with zero attached hydrogens (tertiary/aromatic N) is 6. The van der Waals surface area contributed by atoms with Crippen molar-refractivity contribution in [2.75, 3.05) is 75.3 Å². The first-order valence-corrected chi connectivity index (χ1v) is 27.1. The number of methoxy groups -OCH3 is 1. The molecule has 2 aromatic heterocycles. The van der Waals surface area contributed by atoms with Crippen molar-refractivity contribution >= 4 is 38.9 Å². The van der Waals surface area contributed by atoms with Gasteiger partial charge in [0.15, 0.2) is 5.75 Å². The van der Waals surface area contributed by atoms with Crippen LogP contribution in [0.4, 0.5) is 26.0 Å². The van der Waals surface area contributed by atoms with E-state index >= 15 is 0 Å². The molecule has 2 aliphatic carbocycles. The maximum Gasteiger partial charge on any atom is 0.268 e. The van der Waals surface area contributed by atoms with Crippen LogP contribution in [0.2, 0.25) is 0 Å². The second-order valence-corrected chi connectivity index (χ2v) is 22.3. The predicted molar refractivity (Wildman–Crippen MR) is 282 cm³/mol. The lowest BCUT2D eigenvalue weighted by molar-refractivity contribution is 0.0792. The fraction of sp³-hybridized carbons (Fsp3) is 0.446. The number of anilines is 3. The lowest BCUT2D eigenvalue weighted by Crippen LogP contribution is -2.56.